The minimum Gasteiger partial charge on any atom is -0.497 e. The van der Waals surface area contributed by atoms with Gasteiger partial charge in [0.05, 0.1) is 13.2 Å². The molecule has 0 fully saturated rings. The van der Waals surface area contributed by atoms with Crippen LogP contribution in [-0.2, 0) is 0 Å². The third-order valence-electron chi connectivity index (χ3n) is 2.60. The van der Waals surface area contributed by atoms with Crippen molar-refractivity contribution in [3.63, 3.8) is 0 Å². The second-order valence-electron chi connectivity index (χ2n) is 3.85. The standard InChI is InChI=1S/C15H12ClNOS/c1-18-13-6-2-11(3-7-13)15(10-17)19-14-8-4-12(16)5-9-14/h2-9,15H,1H3/t15-/m1/s1. The average Bonchev–Trinajstić information content (AvgIpc) is 2.47. The molecule has 0 amide bonds. The fourth-order valence-electron chi connectivity index (χ4n) is 1.60. The van der Waals surface area contributed by atoms with Gasteiger partial charge in [-0.1, -0.05) is 23.7 Å². The van der Waals surface area contributed by atoms with Gasteiger partial charge in [-0.25, -0.2) is 0 Å². The molecular weight excluding hydrogens is 278 g/mol. The normalized spacial score (nSPS) is 11.6. The van der Waals surface area contributed by atoms with Crippen LogP contribution in [0.4, 0.5) is 0 Å². The Bertz CT molecular complexity index is 575. The monoisotopic (exact) mass is 289 g/mol. The van der Waals surface area contributed by atoms with Crippen molar-refractivity contribution < 1.29 is 4.74 Å². The van der Waals surface area contributed by atoms with Gasteiger partial charge in [-0.3, -0.25) is 0 Å². The van der Waals surface area contributed by atoms with Gasteiger partial charge in [-0.15, -0.1) is 11.8 Å². The first-order chi connectivity index (χ1) is 9.22. The molecule has 0 spiro atoms. The summed E-state index contributed by atoms with van der Waals surface area (Å²) in [5.74, 6) is 0.789. The summed E-state index contributed by atoms with van der Waals surface area (Å²) in [7, 11) is 1.62. The quantitative estimate of drug-likeness (QED) is 0.765. The molecule has 0 N–H and O–H groups in total. The number of nitriles is 1. The molecule has 0 aliphatic rings. The van der Waals surface area contributed by atoms with Gasteiger partial charge < -0.3 is 4.74 Å². The Labute approximate surface area is 122 Å². The summed E-state index contributed by atoms with van der Waals surface area (Å²) < 4.78 is 5.11. The van der Waals surface area contributed by atoms with Gasteiger partial charge in [0.2, 0.25) is 0 Å². The van der Waals surface area contributed by atoms with Crippen molar-refractivity contribution in [2.45, 2.75) is 10.1 Å². The zero-order valence-electron chi connectivity index (χ0n) is 10.3. The van der Waals surface area contributed by atoms with Gasteiger partial charge in [0.1, 0.15) is 11.0 Å². The lowest BCUT2D eigenvalue weighted by Crippen LogP contribution is -1.91. The van der Waals surface area contributed by atoms with Gasteiger partial charge in [0, 0.05) is 9.92 Å². The van der Waals surface area contributed by atoms with Crippen molar-refractivity contribution in [3.05, 3.63) is 59.1 Å². The Balaban J connectivity index is 2.15. The SMILES string of the molecule is COc1ccc([C@@H](C#N)Sc2ccc(Cl)cc2)cc1. The van der Waals surface area contributed by atoms with E-state index in [1.807, 2.05) is 48.5 Å². The minimum absolute atomic E-state index is 0.243. The van der Waals surface area contributed by atoms with Crippen molar-refractivity contribution in [2.24, 2.45) is 0 Å². The minimum atomic E-state index is -0.243. The van der Waals surface area contributed by atoms with Crippen LogP contribution in [0.1, 0.15) is 10.8 Å². The van der Waals surface area contributed by atoms with Crippen LogP contribution in [0.25, 0.3) is 0 Å². The summed E-state index contributed by atoms with van der Waals surface area (Å²) in [6, 6.07) is 17.3. The lowest BCUT2D eigenvalue weighted by Gasteiger charge is -2.10. The second kappa shape index (κ2) is 6.51. The number of halogens is 1. The van der Waals surface area contributed by atoms with Crippen LogP contribution in [0.15, 0.2) is 53.4 Å². The summed E-state index contributed by atoms with van der Waals surface area (Å²) in [6.45, 7) is 0. The molecule has 0 bridgehead atoms. The highest BCUT2D eigenvalue weighted by Crippen LogP contribution is 2.35. The van der Waals surface area contributed by atoms with E-state index in [4.69, 9.17) is 16.3 Å². The number of hydrogen-bond donors (Lipinski definition) is 0. The van der Waals surface area contributed by atoms with Crippen molar-refractivity contribution in [3.8, 4) is 11.8 Å². The number of nitrogens with zero attached hydrogens (tertiary/aromatic N) is 1. The van der Waals surface area contributed by atoms with E-state index < -0.39 is 0 Å². The van der Waals surface area contributed by atoms with Crippen LogP contribution in [0.2, 0.25) is 5.02 Å². The maximum absolute atomic E-state index is 9.29. The van der Waals surface area contributed by atoms with E-state index in [1.54, 1.807) is 7.11 Å². The van der Waals surface area contributed by atoms with E-state index in [0.29, 0.717) is 5.02 Å². The van der Waals surface area contributed by atoms with Crippen LogP contribution >= 0.6 is 23.4 Å². The van der Waals surface area contributed by atoms with Crippen LogP contribution in [-0.4, -0.2) is 7.11 Å². The molecule has 4 heteroatoms. The predicted molar refractivity (Wildman–Crippen MR) is 78.7 cm³/mol. The van der Waals surface area contributed by atoms with Crippen molar-refractivity contribution in [1.29, 1.82) is 5.26 Å². The molecule has 0 unspecified atom stereocenters. The molecule has 96 valence electrons. The largest absolute Gasteiger partial charge is 0.497 e. The van der Waals surface area contributed by atoms with Crippen LogP contribution in [0.5, 0.6) is 5.75 Å². The van der Waals surface area contributed by atoms with Crippen molar-refractivity contribution >= 4 is 23.4 Å². The smallest absolute Gasteiger partial charge is 0.121 e. The van der Waals surface area contributed by atoms with Crippen LogP contribution in [0.3, 0.4) is 0 Å². The molecule has 2 aromatic carbocycles. The molecule has 19 heavy (non-hydrogen) atoms. The Hall–Kier alpha value is -1.63. The van der Waals surface area contributed by atoms with Gasteiger partial charge in [0.25, 0.3) is 0 Å². The fourth-order valence-corrected chi connectivity index (χ4v) is 2.63. The van der Waals surface area contributed by atoms with E-state index in [2.05, 4.69) is 6.07 Å². The molecule has 0 aliphatic carbocycles. The van der Waals surface area contributed by atoms with Gasteiger partial charge >= 0.3 is 0 Å². The topological polar surface area (TPSA) is 33.0 Å². The average molecular weight is 290 g/mol. The zero-order valence-corrected chi connectivity index (χ0v) is 11.9. The molecule has 0 heterocycles. The van der Waals surface area contributed by atoms with Crippen molar-refractivity contribution in [1.82, 2.24) is 0 Å². The first-order valence-electron chi connectivity index (χ1n) is 5.68. The first kappa shape index (κ1) is 13.8. The summed E-state index contributed by atoms with van der Waals surface area (Å²) in [5.41, 5.74) is 0.961. The highest BCUT2D eigenvalue weighted by molar-refractivity contribution is 7.99. The third-order valence-corrected chi connectivity index (χ3v) is 4.01. The Morgan fingerprint density at radius 2 is 1.74 bits per heavy atom. The maximum atomic E-state index is 9.29. The van der Waals surface area contributed by atoms with Crippen LogP contribution in [0, 0.1) is 11.3 Å². The lowest BCUT2D eigenvalue weighted by molar-refractivity contribution is 0.414. The van der Waals surface area contributed by atoms with Crippen molar-refractivity contribution in [2.75, 3.05) is 7.11 Å². The van der Waals surface area contributed by atoms with Gasteiger partial charge in [0.15, 0.2) is 0 Å². The van der Waals surface area contributed by atoms with E-state index in [1.165, 1.54) is 11.8 Å². The summed E-state index contributed by atoms with van der Waals surface area (Å²) in [4.78, 5) is 1.02. The van der Waals surface area contributed by atoms with Gasteiger partial charge in [-0.2, -0.15) is 5.26 Å². The second-order valence-corrected chi connectivity index (χ2v) is 5.47. The van der Waals surface area contributed by atoms with Gasteiger partial charge in [-0.05, 0) is 42.0 Å². The Morgan fingerprint density at radius 3 is 2.26 bits per heavy atom. The fraction of sp³-hybridized carbons (Fsp3) is 0.133. The highest BCUT2D eigenvalue weighted by Gasteiger charge is 2.12. The van der Waals surface area contributed by atoms with E-state index in [9.17, 15) is 5.26 Å². The molecule has 0 aliphatic heterocycles. The Kier molecular flexibility index (Phi) is 4.73. The molecule has 1 atom stereocenters. The number of rotatable bonds is 4. The lowest BCUT2D eigenvalue weighted by atomic mass is 10.1. The highest BCUT2D eigenvalue weighted by atomic mass is 35.5. The number of methoxy groups -OCH3 is 1. The molecule has 0 saturated carbocycles. The summed E-state index contributed by atoms with van der Waals surface area (Å²) >= 11 is 7.35. The van der Waals surface area contributed by atoms with E-state index in [0.717, 1.165) is 16.2 Å². The predicted octanol–water partition coefficient (Wildman–Crippen LogP) is 4.71. The maximum Gasteiger partial charge on any atom is 0.121 e. The molecule has 2 aromatic rings. The molecular formula is C15H12ClNOS. The zero-order chi connectivity index (χ0) is 13.7. The molecule has 0 aromatic heterocycles. The van der Waals surface area contributed by atoms with E-state index >= 15 is 0 Å². The number of ether oxygens (including phenoxy) is 1. The molecule has 0 saturated heterocycles. The first-order valence-corrected chi connectivity index (χ1v) is 6.94. The number of thioether (sulfide) groups is 1. The summed E-state index contributed by atoms with van der Waals surface area (Å²) in [5, 5.41) is 9.75. The van der Waals surface area contributed by atoms with E-state index in [-0.39, 0.29) is 5.25 Å². The Morgan fingerprint density at radius 1 is 1.11 bits per heavy atom. The number of benzene rings is 2. The summed E-state index contributed by atoms with van der Waals surface area (Å²) in [6.07, 6.45) is 0. The molecule has 2 nitrogen and oxygen atoms in total. The number of hydrogen-bond acceptors (Lipinski definition) is 3. The van der Waals surface area contributed by atoms with Crippen LogP contribution < -0.4 is 4.74 Å². The third kappa shape index (κ3) is 3.66. The molecule has 0 radical (unpaired) electrons. The molecule has 2 rings (SSSR count).